The molecule has 1 aromatic heterocycles. The minimum Gasteiger partial charge on any atom is -0.476 e. The fraction of sp³-hybridized carbons (Fsp3) is 0.333. The normalized spacial score (nSPS) is 19.3. The number of carbonyl (C=O) groups is 1. The second kappa shape index (κ2) is 3.51. The number of hydrogen-bond acceptors (Lipinski definition) is 3. The lowest BCUT2D eigenvalue weighted by Crippen LogP contribution is -2.45. The number of carboxylic acid groups (broad SMARTS) is 1. The van der Waals surface area contributed by atoms with Crippen molar-refractivity contribution >= 4 is 18.0 Å². The van der Waals surface area contributed by atoms with Crippen LogP contribution in [0.1, 0.15) is 10.5 Å². The van der Waals surface area contributed by atoms with Gasteiger partial charge in [-0.15, -0.1) is 0 Å². The first kappa shape index (κ1) is 11.5. The summed E-state index contributed by atoms with van der Waals surface area (Å²) in [6, 6.07) is -1.84. The molecular weight excluding hydrogens is 239 g/mol. The Morgan fingerprint density at radius 2 is 2.18 bits per heavy atom. The van der Waals surface area contributed by atoms with E-state index in [2.05, 4.69) is 4.98 Å². The Labute approximate surface area is 93.8 Å². The molecule has 0 spiro atoms. The number of halogens is 3. The van der Waals surface area contributed by atoms with E-state index in [9.17, 15) is 18.0 Å². The molecular formula is C9H8F3N3O2. The maximum atomic E-state index is 12.7. The number of fused-ring (bicyclic) bond motifs is 1. The standard InChI is InChI=1S/C9H8F3N3O2/c1-14-5(9(10,11)12)2-3-15-4-13-6(7(14)15)8(16)17/h2-5H,1H3,(H,16,17). The SMILES string of the molecule is CN1c2c(C(=O)O)ncn2C=CC1C(F)(F)F. The van der Waals surface area contributed by atoms with Crippen LogP contribution in [0.5, 0.6) is 0 Å². The van der Waals surface area contributed by atoms with Gasteiger partial charge < -0.3 is 10.0 Å². The summed E-state index contributed by atoms with van der Waals surface area (Å²) in [6.45, 7) is 0. The van der Waals surface area contributed by atoms with Crippen molar-refractivity contribution in [3.63, 3.8) is 0 Å². The van der Waals surface area contributed by atoms with Crippen molar-refractivity contribution in [2.45, 2.75) is 12.2 Å². The lowest BCUT2D eigenvalue weighted by molar-refractivity contribution is -0.137. The molecule has 0 saturated carbocycles. The molecule has 0 amide bonds. The third-order valence-corrected chi connectivity index (χ3v) is 2.49. The molecule has 92 valence electrons. The van der Waals surface area contributed by atoms with Gasteiger partial charge >= 0.3 is 12.1 Å². The van der Waals surface area contributed by atoms with Gasteiger partial charge in [-0.25, -0.2) is 9.78 Å². The van der Waals surface area contributed by atoms with Gasteiger partial charge in [0.25, 0.3) is 0 Å². The van der Waals surface area contributed by atoms with Crippen LogP contribution in [0.15, 0.2) is 12.4 Å². The Kier molecular flexibility index (Phi) is 2.37. The van der Waals surface area contributed by atoms with E-state index in [0.717, 1.165) is 17.2 Å². The largest absolute Gasteiger partial charge is 0.476 e. The minimum atomic E-state index is -4.46. The van der Waals surface area contributed by atoms with Crippen LogP contribution in [0.3, 0.4) is 0 Å². The number of hydrogen-bond donors (Lipinski definition) is 1. The molecule has 2 heterocycles. The number of aromatic nitrogens is 2. The number of alkyl halides is 3. The molecule has 1 unspecified atom stereocenters. The van der Waals surface area contributed by atoms with Crippen molar-refractivity contribution in [2.24, 2.45) is 0 Å². The van der Waals surface area contributed by atoms with Crippen LogP contribution >= 0.6 is 0 Å². The lowest BCUT2D eigenvalue weighted by Gasteiger charge is -2.32. The molecule has 1 aliphatic rings. The molecule has 0 radical (unpaired) electrons. The van der Waals surface area contributed by atoms with Crippen molar-refractivity contribution in [2.75, 3.05) is 11.9 Å². The number of carboxylic acids is 1. The van der Waals surface area contributed by atoms with Crippen LogP contribution in [0, 0.1) is 0 Å². The molecule has 5 nitrogen and oxygen atoms in total. The van der Waals surface area contributed by atoms with Gasteiger partial charge in [-0.1, -0.05) is 0 Å². The molecule has 1 N–H and O–H groups in total. The van der Waals surface area contributed by atoms with E-state index in [0.29, 0.717) is 0 Å². The highest BCUT2D eigenvalue weighted by molar-refractivity contribution is 5.92. The van der Waals surface area contributed by atoms with E-state index in [1.807, 2.05) is 0 Å². The molecule has 0 aliphatic carbocycles. The van der Waals surface area contributed by atoms with Gasteiger partial charge in [0.1, 0.15) is 18.2 Å². The highest BCUT2D eigenvalue weighted by Gasteiger charge is 2.44. The molecule has 8 heteroatoms. The highest BCUT2D eigenvalue weighted by atomic mass is 19.4. The van der Waals surface area contributed by atoms with Gasteiger partial charge in [0.15, 0.2) is 5.69 Å². The van der Waals surface area contributed by atoms with E-state index in [1.54, 1.807) is 0 Å². The van der Waals surface area contributed by atoms with Gasteiger partial charge in [-0.3, -0.25) is 4.57 Å². The van der Waals surface area contributed by atoms with Crippen LogP contribution in [-0.2, 0) is 0 Å². The number of aromatic carboxylic acids is 1. The summed E-state index contributed by atoms with van der Waals surface area (Å²) in [5, 5.41) is 8.83. The van der Waals surface area contributed by atoms with Crippen LogP contribution in [0.2, 0.25) is 0 Å². The molecule has 1 atom stereocenters. The summed E-state index contributed by atoms with van der Waals surface area (Å²) in [6.07, 6.45) is -1.19. The molecule has 0 fully saturated rings. The Morgan fingerprint density at radius 1 is 1.53 bits per heavy atom. The molecule has 0 aromatic carbocycles. The van der Waals surface area contributed by atoms with E-state index >= 15 is 0 Å². The fourth-order valence-electron chi connectivity index (χ4n) is 1.73. The first-order chi connectivity index (χ1) is 7.82. The van der Waals surface area contributed by atoms with Crippen molar-refractivity contribution < 1.29 is 23.1 Å². The zero-order valence-electron chi connectivity index (χ0n) is 8.64. The quantitative estimate of drug-likeness (QED) is 0.815. The average Bonchev–Trinajstić information content (AvgIpc) is 2.60. The second-order valence-electron chi connectivity index (χ2n) is 3.57. The summed E-state index contributed by atoms with van der Waals surface area (Å²) in [5.41, 5.74) is -0.397. The van der Waals surface area contributed by atoms with Gasteiger partial charge in [0.2, 0.25) is 0 Å². The van der Waals surface area contributed by atoms with Crippen LogP contribution in [-0.4, -0.2) is 39.9 Å². The summed E-state index contributed by atoms with van der Waals surface area (Å²) < 4.78 is 39.2. The van der Waals surface area contributed by atoms with Crippen molar-refractivity contribution in [3.05, 3.63) is 18.1 Å². The Balaban J connectivity index is 2.49. The molecule has 2 rings (SSSR count). The van der Waals surface area contributed by atoms with Crippen molar-refractivity contribution in [1.29, 1.82) is 0 Å². The number of rotatable bonds is 1. The van der Waals surface area contributed by atoms with E-state index in [-0.39, 0.29) is 5.82 Å². The Morgan fingerprint density at radius 3 is 2.71 bits per heavy atom. The molecule has 1 aromatic rings. The monoisotopic (exact) mass is 247 g/mol. The van der Waals surface area contributed by atoms with Crippen LogP contribution in [0.4, 0.5) is 19.0 Å². The summed E-state index contributed by atoms with van der Waals surface area (Å²) in [4.78, 5) is 15.2. The van der Waals surface area contributed by atoms with Crippen LogP contribution in [0.25, 0.3) is 6.20 Å². The first-order valence-electron chi connectivity index (χ1n) is 4.60. The Bertz CT molecular complexity index is 492. The van der Waals surface area contributed by atoms with Crippen molar-refractivity contribution in [1.82, 2.24) is 9.55 Å². The van der Waals surface area contributed by atoms with E-state index in [4.69, 9.17) is 5.11 Å². The average molecular weight is 247 g/mol. The fourth-order valence-corrected chi connectivity index (χ4v) is 1.73. The Hall–Kier alpha value is -1.99. The van der Waals surface area contributed by atoms with Gasteiger partial charge in [-0.05, 0) is 6.08 Å². The zero-order chi connectivity index (χ0) is 12.8. The molecule has 1 aliphatic heterocycles. The molecule has 0 bridgehead atoms. The maximum Gasteiger partial charge on any atom is 0.412 e. The van der Waals surface area contributed by atoms with E-state index < -0.39 is 23.9 Å². The number of anilines is 1. The number of imidazole rings is 1. The third-order valence-electron chi connectivity index (χ3n) is 2.49. The van der Waals surface area contributed by atoms with Gasteiger partial charge in [0.05, 0.1) is 0 Å². The van der Waals surface area contributed by atoms with Gasteiger partial charge in [0, 0.05) is 13.2 Å². The number of nitrogens with zero attached hydrogens (tertiary/aromatic N) is 3. The van der Waals surface area contributed by atoms with Crippen molar-refractivity contribution in [3.8, 4) is 0 Å². The summed E-state index contributed by atoms with van der Waals surface area (Å²) in [7, 11) is 1.18. The van der Waals surface area contributed by atoms with E-state index in [1.165, 1.54) is 17.9 Å². The predicted molar refractivity (Wildman–Crippen MR) is 52.8 cm³/mol. The predicted octanol–water partition coefficient (Wildman–Crippen LogP) is 1.43. The summed E-state index contributed by atoms with van der Waals surface area (Å²) >= 11 is 0. The zero-order valence-corrected chi connectivity index (χ0v) is 8.64. The topological polar surface area (TPSA) is 58.4 Å². The van der Waals surface area contributed by atoms with Gasteiger partial charge in [-0.2, -0.15) is 13.2 Å². The van der Waals surface area contributed by atoms with Crippen LogP contribution < -0.4 is 4.90 Å². The molecule has 17 heavy (non-hydrogen) atoms. The minimum absolute atomic E-state index is 0.0812. The maximum absolute atomic E-state index is 12.7. The molecule has 0 saturated heterocycles. The lowest BCUT2D eigenvalue weighted by atomic mass is 10.2. The highest BCUT2D eigenvalue weighted by Crippen LogP contribution is 2.33. The first-order valence-corrected chi connectivity index (χ1v) is 4.60. The smallest absolute Gasteiger partial charge is 0.412 e. The third kappa shape index (κ3) is 1.75. The second-order valence-corrected chi connectivity index (χ2v) is 3.57. The summed E-state index contributed by atoms with van der Waals surface area (Å²) in [5.74, 6) is -1.44. The number of likely N-dealkylation sites (N-methyl/N-ethyl adjacent to an activating group) is 1.